The number of aryl methyl sites for hydroxylation is 2. The van der Waals surface area contributed by atoms with Crippen molar-refractivity contribution in [3.05, 3.63) is 41.6 Å². The second-order valence-corrected chi connectivity index (χ2v) is 5.97. The van der Waals surface area contributed by atoms with Gasteiger partial charge in [-0.15, -0.1) is 0 Å². The summed E-state index contributed by atoms with van der Waals surface area (Å²) in [5, 5.41) is 8.48. The number of nitrogens with one attached hydrogen (secondary N) is 1. The molecule has 0 saturated carbocycles. The van der Waals surface area contributed by atoms with Crippen molar-refractivity contribution in [1.82, 2.24) is 9.55 Å². The molecule has 9 heteroatoms. The first-order chi connectivity index (χ1) is 9.70. The van der Waals surface area contributed by atoms with Crippen molar-refractivity contribution in [1.29, 1.82) is 0 Å². The molecule has 112 valence electrons. The number of carboxylic acid groups (broad SMARTS) is 1. The van der Waals surface area contributed by atoms with Crippen molar-refractivity contribution in [3.8, 4) is 0 Å². The Hall–Kier alpha value is -2.42. The molecule has 2 N–H and O–H groups in total. The largest absolute Gasteiger partial charge is 0.478 e. The Morgan fingerprint density at radius 3 is 2.57 bits per heavy atom. The molecular weight excluding hydrogens is 301 g/mol. The molecule has 0 saturated heterocycles. The Balaban J connectivity index is 2.35. The van der Waals surface area contributed by atoms with E-state index in [1.54, 1.807) is 14.0 Å². The number of carboxylic acids is 1. The molecule has 0 atom stereocenters. The van der Waals surface area contributed by atoms with E-state index >= 15 is 0 Å². The van der Waals surface area contributed by atoms with E-state index in [0.717, 1.165) is 18.2 Å². The number of rotatable bonds is 4. The number of sulfonamides is 1. The van der Waals surface area contributed by atoms with Gasteiger partial charge in [0.25, 0.3) is 10.0 Å². The third-order valence-corrected chi connectivity index (χ3v) is 4.06. The van der Waals surface area contributed by atoms with Crippen molar-refractivity contribution in [2.75, 3.05) is 4.72 Å². The predicted molar refractivity (Wildman–Crippen MR) is 72.1 cm³/mol. The highest BCUT2D eigenvalue weighted by molar-refractivity contribution is 7.92. The zero-order chi connectivity index (χ0) is 15.8. The molecule has 0 aliphatic rings. The number of aromatic carboxylic acids is 1. The minimum Gasteiger partial charge on any atom is -0.478 e. The zero-order valence-corrected chi connectivity index (χ0v) is 12.0. The number of imidazole rings is 1. The van der Waals surface area contributed by atoms with E-state index in [1.165, 1.54) is 10.8 Å². The highest BCUT2D eigenvalue weighted by Crippen LogP contribution is 2.20. The molecule has 1 heterocycles. The molecule has 7 nitrogen and oxygen atoms in total. The number of carbonyl (C=O) groups is 1. The van der Waals surface area contributed by atoms with Crippen molar-refractivity contribution < 1.29 is 22.7 Å². The lowest BCUT2D eigenvalue weighted by atomic mass is 10.2. The Morgan fingerprint density at radius 2 is 2.10 bits per heavy atom. The van der Waals surface area contributed by atoms with E-state index in [4.69, 9.17) is 5.11 Å². The minimum absolute atomic E-state index is 0.246. The summed E-state index contributed by atoms with van der Waals surface area (Å²) < 4.78 is 41.4. The molecule has 2 aromatic rings. The van der Waals surface area contributed by atoms with Gasteiger partial charge in [0.2, 0.25) is 0 Å². The summed E-state index contributed by atoms with van der Waals surface area (Å²) in [5.74, 6) is -1.80. The molecule has 0 bridgehead atoms. The van der Waals surface area contributed by atoms with E-state index in [1.807, 2.05) is 4.72 Å². The normalized spacial score (nSPS) is 11.4. The van der Waals surface area contributed by atoms with Crippen molar-refractivity contribution >= 4 is 21.7 Å². The van der Waals surface area contributed by atoms with Gasteiger partial charge in [-0.1, -0.05) is 0 Å². The minimum atomic E-state index is -4.04. The van der Waals surface area contributed by atoms with Crippen LogP contribution in [0.25, 0.3) is 0 Å². The van der Waals surface area contributed by atoms with Crippen LogP contribution in [0.1, 0.15) is 16.2 Å². The highest BCUT2D eigenvalue weighted by atomic mass is 32.2. The predicted octanol–water partition coefficient (Wildman–Crippen LogP) is 1.37. The van der Waals surface area contributed by atoms with Crippen molar-refractivity contribution in [3.63, 3.8) is 0 Å². The third kappa shape index (κ3) is 3.02. The average molecular weight is 313 g/mol. The van der Waals surface area contributed by atoms with E-state index in [9.17, 15) is 17.6 Å². The number of halogens is 1. The highest BCUT2D eigenvalue weighted by Gasteiger charge is 2.20. The van der Waals surface area contributed by atoms with Gasteiger partial charge < -0.3 is 9.67 Å². The Kier molecular flexibility index (Phi) is 3.69. The van der Waals surface area contributed by atoms with Gasteiger partial charge >= 0.3 is 5.97 Å². The van der Waals surface area contributed by atoms with Crippen LogP contribution in [-0.2, 0) is 17.1 Å². The molecule has 1 aromatic heterocycles. The van der Waals surface area contributed by atoms with Gasteiger partial charge in [-0.05, 0) is 25.1 Å². The SMILES string of the molecule is Cc1nc(S(=O)(=O)Nc2ccc(C(=O)O)cc2F)cn1C. The summed E-state index contributed by atoms with van der Waals surface area (Å²) in [6.07, 6.45) is 1.29. The third-order valence-electron chi connectivity index (χ3n) is 2.82. The number of nitrogens with zero attached hydrogens (tertiary/aromatic N) is 2. The van der Waals surface area contributed by atoms with Gasteiger partial charge in [0, 0.05) is 13.2 Å². The van der Waals surface area contributed by atoms with Crippen LogP contribution >= 0.6 is 0 Å². The van der Waals surface area contributed by atoms with E-state index in [-0.39, 0.29) is 16.3 Å². The Morgan fingerprint density at radius 1 is 1.43 bits per heavy atom. The molecule has 0 unspecified atom stereocenters. The number of hydrogen-bond donors (Lipinski definition) is 2. The second kappa shape index (κ2) is 5.17. The van der Waals surface area contributed by atoms with Gasteiger partial charge in [0.05, 0.1) is 11.3 Å². The maximum absolute atomic E-state index is 13.7. The summed E-state index contributed by atoms with van der Waals surface area (Å²) in [6.45, 7) is 1.63. The van der Waals surface area contributed by atoms with Gasteiger partial charge in [0.15, 0.2) is 5.03 Å². The quantitative estimate of drug-likeness (QED) is 0.887. The molecule has 0 aliphatic carbocycles. The van der Waals surface area contributed by atoms with Gasteiger partial charge in [-0.2, -0.15) is 8.42 Å². The van der Waals surface area contributed by atoms with Gasteiger partial charge in [0.1, 0.15) is 11.6 Å². The fraction of sp³-hybridized carbons (Fsp3) is 0.167. The molecule has 2 rings (SSSR count). The first-order valence-corrected chi connectivity index (χ1v) is 7.24. The fourth-order valence-corrected chi connectivity index (χ4v) is 2.69. The Labute approximate surface area is 120 Å². The number of hydrogen-bond acceptors (Lipinski definition) is 4. The lowest BCUT2D eigenvalue weighted by Gasteiger charge is -2.07. The van der Waals surface area contributed by atoms with Crippen LogP contribution in [0.3, 0.4) is 0 Å². The first-order valence-electron chi connectivity index (χ1n) is 5.76. The smallest absolute Gasteiger partial charge is 0.335 e. The molecular formula is C12H12FN3O4S. The number of aromatic nitrogens is 2. The van der Waals surface area contributed by atoms with Crippen LogP contribution < -0.4 is 4.72 Å². The molecule has 1 aromatic carbocycles. The topological polar surface area (TPSA) is 101 Å². The lowest BCUT2D eigenvalue weighted by Crippen LogP contribution is -2.14. The molecule has 21 heavy (non-hydrogen) atoms. The van der Waals surface area contributed by atoms with Crippen LogP contribution in [0.15, 0.2) is 29.4 Å². The van der Waals surface area contributed by atoms with Gasteiger partial charge in [-0.25, -0.2) is 14.2 Å². The average Bonchev–Trinajstić information content (AvgIpc) is 2.72. The first kappa shape index (κ1) is 15.0. The summed E-state index contributed by atoms with van der Waals surface area (Å²) in [6, 6.07) is 2.89. The molecule has 0 radical (unpaired) electrons. The van der Waals surface area contributed by atoms with Gasteiger partial charge in [-0.3, -0.25) is 4.72 Å². The van der Waals surface area contributed by atoms with E-state index in [0.29, 0.717) is 5.82 Å². The van der Waals surface area contributed by atoms with Crippen LogP contribution in [-0.4, -0.2) is 29.0 Å². The zero-order valence-electron chi connectivity index (χ0n) is 11.2. The molecule has 0 fully saturated rings. The van der Waals surface area contributed by atoms with Crippen LogP contribution in [0.4, 0.5) is 10.1 Å². The Bertz CT molecular complexity index is 794. The molecule has 0 spiro atoms. The maximum atomic E-state index is 13.7. The standard InChI is InChI=1S/C12H12FN3O4S/c1-7-14-11(6-16(7)2)21(19,20)15-10-4-3-8(12(17)18)5-9(10)13/h3-6,15H,1-2H3,(H,17,18). The summed E-state index contributed by atoms with van der Waals surface area (Å²) in [5.41, 5.74) is -0.618. The number of benzene rings is 1. The monoisotopic (exact) mass is 313 g/mol. The van der Waals surface area contributed by atoms with Crippen LogP contribution in [0.5, 0.6) is 0 Å². The number of anilines is 1. The summed E-state index contributed by atoms with van der Waals surface area (Å²) >= 11 is 0. The summed E-state index contributed by atoms with van der Waals surface area (Å²) in [7, 11) is -2.41. The van der Waals surface area contributed by atoms with E-state index in [2.05, 4.69) is 4.98 Å². The summed E-state index contributed by atoms with van der Waals surface area (Å²) in [4.78, 5) is 14.5. The second-order valence-electron chi connectivity index (χ2n) is 4.34. The van der Waals surface area contributed by atoms with Crippen LogP contribution in [0.2, 0.25) is 0 Å². The van der Waals surface area contributed by atoms with Crippen molar-refractivity contribution in [2.45, 2.75) is 11.9 Å². The lowest BCUT2D eigenvalue weighted by molar-refractivity contribution is 0.0696. The van der Waals surface area contributed by atoms with E-state index < -0.39 is 21.8 Å². The fourth-order valence-electron chi connectivity index (χ4n) is 1.58. The maximum Gasteiger partial charge on any atom is 0.335 e. The van der Waals surface area contributed by atoms with Crippen molar-refractivity contribution in [2.24, 2.45) is 7.05 Å². The molecule has 0 amide bonds. The van der Waals surface area contributed by atoms with Crippen LogP contribution in [0, 0.1) is 12.7 Å². The molecule has 0 aliphatic heterocycles.